The lowest BCUT2D eigenvalue weighted by Gasteiger charge is -2.11. The smallest absolute Gasteiger partial charge is 0.303 e. The largest absolute Gasteiger partial charge is 0.489 e. The molecule has 2 N–H and O–H groups in total. The van der Waals surface area contributed by atoms with Crippen molar-refractivity contribution in [3.05, 3.63) is 114 Å². The van der Waals surface area contributed by atoms with Crippen molar-refractivity contribution in [3.63, 3.8) is 0 Å². The summed E-state index contributed by atoms with van der Waals surface area (Å²) < 4.78 is 5.91. The van der Waals surface area contributed by atoms with Gasteiger partial charge in [0.25, 0.3) is 0 Å². The van der Waals surface area contributed by atoms with Gasteiger partial charge in [0.15, 0.2) is 0 Å². The Kier molecular flexibility index (Phi) is 6.83. The SMILES string of the molecule is O=C(O)CCc1ccc(OCc2cccc(Nc3cccc(-c4ccccc4)c3)c2)cc1. The van der Waals surface area contributed by atoms with Crippen molar-refractivity contribution in [2.75, 3.05) is 5.32 Å². The Morgan fingerprint density at radius 3 is 2.16 bits per heavy atom. The van der Waals surface area contributed by atoms with Crippen LogP contribution in [0.4, 0.5) is 11.4 Å². The summed E-state index contributed by atoms with van der Waals surface area (Å²) in [6.45, 7) is 0.452. The number of hydrogen-bond donors (Lipinski definition) is 2. The fourth-order valence-corrected chi connectivity index (χ4v) is 3.48. The Balaban J connectivity index is 1.37. The first-order chi connectivity index (χ1) is 15.7. The summed E-state index contributed by atoms with van der Waals surface area (Å²) >= 11 is 0. The highest BCUT2D eigenvalue weighted by molar-refractivity contribution is 5.71. The molecule has 160 valence electrons. The minimum Gasteiger partial charge on any atom is -0.489 e. The maximum absolute atomic E-state index is 10.7. The Bertz CT molecular complexity index is 1170. The minimum atomic E-state index is -0.786. The number of aliphatic carboxylic acids is 1. The number of aryl methyl sites for hydroxylation is 1. The fourth-order valence-electron chi connectivity index (χ4n) is 3.48. The van der Waals surface area contributed by atoms with Crippen molar-refractivity contribution in [2.45, 2.75) is 19.4 Å². The highest BCUT2D eigenvalue weighted by Gasteiger charge is 2.03. The number of benzene rings is 4. The second-order valence-electron chi connectivity index (χ2n) is 7.60. The van der Waals surface area contributed by atoms with Crippen molar-refractivity contribution in [1.82, 2.24) is 0 Å². The first-order valence-electron chi connectivity index (χ1n) is 10.6. The van der Waals surface area contributed by atoms with Gasteiger partial charge in [0.1, 0.15) is 12.4 Å². The molecule has 0 amide bonds. The van der Waals surface area contributed by atoms with E-state index in [1.54, 1.807) is 0 Å². The van der Waals surface area contributed by atoms with E-state index in [2.05, 4.69) is 47.8 Å². The molecule has 0 aliphatic heterocycles. The summed E-state index contributed by atoms with van der Waals surface area (Å²) in [5, 5.41) is 12.3. The molecule has 0 heterocycles. The van der Waals surface area contributed by atoms with Crippen molar-refractivity contribution in [1.29, 1.82) is 0 Å². The van der Waals surface area contributed by atoms with E-state index in [-0.39, 0.29) is 6.42 Å². The number of hydrogen-bond acceptors (Lipinski definition) is 3. The van der Waals surface area contributed by atoms with Gasteiger partial charge in [-0.05, 0) is 65.1 Å². The summed E-state index contributed by atoms with van der Waals surface area (Å²) in [6.07, 6.45) is 0.656. The van der Waals surface area contributed by atoms with Crippen LogP contribution in [0, 0.1) is 0 Å². The van der Waals surface area contributed by atoms with E-state index < -0.39 is 5.97 Å². The van der Waals surface area contributed by atoms with E-state index in [4.69, 9.17) is 9.84 Å². The van der Waals surface area contributed by atoms with Gasteiger partial charge >= 0.3 is 5.97 Å². The van der Waals surface area contributed by atoms with Crippen LogP contribution in [0.2, 0.25) is 0 Å². The summed E-state index contributed by atoms with van der Waals surface area (Å²) in [7, 11) is 0. The van der Waals surface area contributed by atoms with Crippen molar-refractivity contribution in [2.24, 2.45) is 0 Å². The van der Waals surface area contributed by atoms with Gasteiger partial charge in [-0.25, -0.2) is 0 Å². The van der Waals surface area contributed by atoms with Gasteiger partial charge in [0, 0.05) is 17.8 Å². The number of ether oxygens (including phenoxy) is 1. The third-order valence-electron chi connectivity index (χ3n) is 5.14. The molecular weight excluding hydrogens is 398 g/mol. The predicted molar refractivity (Wildman–Crippen MR) is 128 cm³/mol. The number of anilines is 2. The molecule has 4 rings (SSSR count). The monoisotopic (exact) mass is 423 g/mol. The molecule has 0 aromatic heterocycles. The Hall–Kier alpha value is -4.05. The van der Waals surface area contributed by atoms with Crippen molar-refractivity contribution in [3.8, 4) is 16.9 Å². The second-order valence-corrected chi connectivity index (χ2v) is 7.60. The average Bonchev–Trinajstić information content (AvgIpc) is 2.83. The quantitative estimate of drug-likeness (QED) is 0.315. The van der Waals surface area contributed by atoms with Gasteiger partial charge in [0.05, 0.1) is 0 Å². The molecule has 32 heavy (non-hydrogen) atoms. The lowest BCUT2D eigenvalue weighted by Crippen LogP contribution is -1.99. The molecule has 0 radical (unpaired) electrons. The van der Waals surface area contributed by atoms with Crippen molar-refractivity contribution >= 4 is 17.3 Å². The molecule has 4 aromatic rings. The van der Waals surface area contributed by atoms with Crippen LogP contribution in [-0.2, 0) is 17.8 Å². The van der Waals surface area contributed by atoms with Gasteiger partial charge in [0.2, 0.25) is 0 Å². The zero-order valence-electron chi connectivity index (χ0n) is 17.7. The summed E-state index contributed by atoms with van der Waals surface area (Å²) in [5.41, 5.74) is 6.43. The molecule has 0 aliphatic carbocycles. The molecule has 0 atom stereocenters. The van der Waals surface area contributed by atoms with E-state index >= 15 is 0 Å². The van der Waals surface area contributed by atoms with Crippen LogP contribution < -0.4 is 10.1 Å². The maximum atomic E-state index is 10.7. The third kappa shape index (κ3) is 5.99. The number of carboxylic acids is 1. The molecule has 0 spiro atoms. The first kappa shape index (κ1) is 21.2. The Morgan fingerprint density at radius 1 is 0.719 bits per heavy atom. The van der Waals surface area contributed by atoms with Crippen LogP contribution in [-0.4, -0.2) is 11.1 Å². The van der Waals surface area contributed by atoms with Gasteiger partial charge in [-0.2, -0.15) is 0 Å². The van der Waals surface area contributed by atoms with Crippen LogP contribution in [0.3, 0.4) is 0 Å². The molecule has 0 aliphatic rings. The number of carbonyl (C=O) groups is 1. The summed E-state index contributed by atoms with van der Waals surface area (Å²) in [5.74, 6) is -0.0244. The van der Waals surface area contributed by atoms with E-state index in [0.29, 0.717) is 13.0 Å². The Labute approximate surface area is 188 Å². The number of carboxylic acid groups (broad SMARTS) is 1. The lowest BCUT2D eigenvalue weighted by atomic mass is 10.1. The average molecular weight is 424 g/mol. The van der Waals surface area contributed by atoms with Gasteiger partial charge < -0.3 is 15.2 Å². The predicted octanol–water partition coefficient (Wildman–Crippen LogP) is 6.69. The topological polar surface area (TPSA) is 58.6 Å². The number of rotatable bonds is 9. The molecule has 0 saturated carbocycles. The Morgan fingerprint density at radius 2 is 1.41 bits per heavy atom. The molecule has 4 heteroatoms. The molecule has 0 unspecified atom stereocenters. The van der Waals surface area contributed by atoms with E-state index in [0.717, 1.165) is 28.3 Å². The standard InChI is InChI=1S/C28H25NO3/c30-28(31)17-14-21-12-15-27(16-13-21)32-20-22-6-4-10-25(18-22)29-26-11-5-9-24(19-26)23-7-2-1-3-8-23/h1-13,15-16,18-19,29H,14,17,20H2,(H,30,31). The van der Waals surface area contributed by atoms with Gasteiger partial charge in [-0.3, -0.25) is 4.79 Å². The normalized spacial score (nSPS) is 10.5. The zero-order chi connectivity index (χ0) is 22.2. The van der Waals surface area contributed by atoms with Crippen LogP contribution >= 0.6 is 0 Å². The highest BCUT2D eigenvalue weighted by Crippen LogP contribution is 2.25. The van der Waals surface area contributed by atoms with Crippen LogP contribution in [0.1, 0.15) is 17.5 Å². The van der Waals surface area contributed by atoms with E-state index in [9.17, 15) is 4.79 Å². The van der Waals surface area contributed by atoms with Crippen LogP contribution in [0.5, 0.6) is 5.75 Å². The zero-order valence-corrected chi connectivity index (χ0v) is 17.7. The summed E-state index contributed by atoms with van der Waals surface area (Å²) in [4.78, 5) is 10.7. The number of nitrogens with one attached hydrogen (secondary N) is 1. The highest BCUT2D eigenvalue weighted by atomic mass is 16.5. The third-order valence-corrected chi connectivity index (χ3v) is 5.14. The minimum absolute atomic E-state index is 0.133. The second kappa shape index (κ2) is 10.3. The van der Waals surface area contributed by atoms with E-state index in [1.165, 1.54) is 11.1 Å². The first-order valence-corrected chi connectivity index (χ1v) is 10.6. The molecule has 0 fully saturated rings. The molecule has 4 nitrogen and oxygen atoms in total. The van der Waals surface area contributed by atoms with Gasteiger partial charge in [-0.15, -0.1) is 0 Å². The van der Waals surface area contributed by atoms with Crippen LogP contribution in [0.15, 0.2) is 103 Å². The molecule has 0 saturated heterocycles. The maximum Gasteiger partial charge on any atom is 0.303 e. The fraction of sp³-hybridized carbons (Fsp3) is 0.107. The lowest BCUT2D eigenvalue weighted by molar-refractivity contribution is -0.136. The van der Waals surface area contributed by atoms with Gasteiger partial charge in [-0.1, -0.05) is 66.7 Å². The molecular formula is C28H25NO3. The van der Waals surface area contributed by atoms with E-state index in [1.807, 2.05) is 60.7 Å². The van der Waals surface area contributed by atoms with Crippen LogP contribution in [0.25, 0.3) is 11.1 Å². The van der Waals surface area contributed by atoms with Crippen molar-refractivity contribution < 1.29 is 14.6 Å². The summed E-state index contributed by atoms with van der Waals surface area (Å²) in [6, 6.07) is 34.4. The molecule has 0 bridgehead atoms. The molecule has 4 aromatic carbocycles.